The number of ether oxygens (including phenoxy) is 1. The van der Waals surface area contributed by atoms with Gasteiger partial charge in [-0.25, -0.2) is 0 Å². The Morgan fingerprint density at radius 1 is 1.23 bits per heavy atom. The molecule has 0 aliphatic rings. The Morgan fingerprint density at radius 2 is 1.77 bits per heavy atom. The van der Waals surface area contributed by atoms with Gasteiger partial charge in [0.1, 0.15) is 0 Å². The molecular weight excluding hydrogens is 361 g/mol. The topological polar surface area (TPSA) is 26.3 Å². The molecule has 124 valence electrons. The Balaban J connectivity index is 3.06. The molecular formula is C16H20BrF3O2. The van der Waals surface area contributed by atoms with Crippen molar-refractivity contribution in [2.45, 2.75) is 45.7 Å². The van der Waals surface area contributed by atoms with Crippen molar-refractivity contribution in [2.24, 2.45) is 5.41 Å². The van der Waals surface area contributed by atoms with Crippen molar-refractivity contribution in [2.75, 3.05) is 6.61 Å². The average Bonchev–Trinajstić information content (AvgIpc) is 2.38. The highest BCUT2D eigenvalue weighted by Crippen LogP contribution is 2.40. The van der Waals surface area contributed by atoms with Crippen LogP contribution >= 0.6 is 15.9 Å². The number of esters is 1. The number of rotatable bonds is 6. The molecule has 0 radical (unpaired) electrons. The van der Waals surface area contributed by atoms with E-state index in [4.69, 9.17) is 0 Å². The second kappa shape index (κ2) is 7.49. The third kappa shape index (κ3) is 5.63. The molecule has 0 amide bonds. The van der Waals surface area contributed by atoms with Crippen LogP contribution in [0.1, 0.15) is 45.1 Å². The SMILES string of the molecule is CCCC(C)(C)[C@@H](C(=O)OCC(F)(F)F)c1ccc(Br)cc1. The van der Waals surface area contributed by atoms with E-state index in [1.165, 1.54) is 0 Å². The van der Waals surface area contributed by atoms with E-state index in [-0.39, 0.29) is 0 Å². The second-order valence-corrected chi connectivity index (χ2v) is 6.86. The minimum atomic E-state index is -4.52. The highest BCUT2D eigenvalue weighted by molar-refractivity contribution is 9.10. The lowest BCUT2D eigenvalue weighted by Gasteiger charge is -2.33. The van der Waals surface area contributed by atoms with E-state index in [1.54, 1.807) is 24.3 Å². The van der Waals surface area contributed by atoms with Crippen LogP contribution in [0.15, 0.2) is 28.7 Å². The van der Waals surface area contributed by atoms with Crippen LogP contribution in [-0.2, 0) is 9.53 Å². The van der Waals surface area contributed by atoms with Gasteiger partial charge in [0.15, 0.2) is 6.61 Å². The van der Waals surface area contributed by atoms with Crippen LogP contribution in [0.5, 0.6) is 0 Å². The first-order valence-electron chi connectivity index (χ1n) is 7.05. The van der Waals surface area contributed by atoms with Crippen molar-refractivity contribution >= 4 is 21.9 Å². The molecule has 0 saturated heterocycles. The fraction of sp³-hybridized carbons (Fsp3) is 0.562. The predicted molar refractivity (Wildman–Crippen MR) is 82.6 cm³/mol. The molecule has 0 aliphatic carbocycles. The van der Waals surface area contributed by atoms with Gasteiger partial charge in [0.05, 0.1) is 5.92 Å². The van der Waals surface area contributed by atoms with Gasteiger partial charge in [-0.05, 0) is 29.5 Å². The molecule has 0 fully saturated rings. The summed E-state index contributed by atoms with van der Waals surface area (Å²) in [4.78, 5) is 12.3. The molecule has 0 unspecified atom stereocenters. The fourth-order valence-corrected chi connectivity index (χ4v) is 2.85. The summed E-state index contributed by atoms with van der Waals surface area (Å²) in [6, 6.07) is 7.00. The van der Waals surface area contributed by atoms with Crippen LogP contribution in [0.2, 0.25) is 0 Å². The molecule has 0 aliphatic heterocycles. The second-order valence-electron chi connectivity index (χ2n) is 5.95. The van der Waals surface area contributed by atoms with Gasteiger partial charge in [0.25, 0.3) is 0 Å². The van der Waals surface area contributed by atoms with E-state index in [9.17, 15) is 18.0 Å². The van der Waals surface area contributed by atoms with Crippen molar-refractivity contribution in [3.63, 3.8) is 0 Å². The summed E-state index contributed by atoms with van der Waals surface area (Å²) in [6.07, 6.45) is -2.99. The van der Waals surface area contributed by atoms with E-state index in [2.05, 4.69) is 20.7 Å². The van der Waals surface area contributed by atoms with Crippen LogP contribution < -0.4 is 0 Å². The van der Waals surface area contributed by atoms with Gasteiger partial charge in [-0.1, -0.05) is 55.3 Å². The molecule has 0 N–H and O–H groups in total. The Morgan fingerprint density at radius 3 is 2.23 bits per heavy atom. The quantitative estimate of drug-likeness (QED) is 0.612. The summed E-state index contributed by atoms with van der Waals surface area (Å²) in [7, 11) is 0. The Hall–Kier alpha value is -1.04. The van der Waals surface area contributed by atoms with E-state index in [0.717, 1.165) is 10.9 Å². The van der Waals surface area contributed by atoms with Crippen molar-refractivity contribution in [3.8, 4) is 0 Å². The van der Waals surface area contributed by atoms with Crippen molar-refractivity contribution in [1.29, 1.82) is 0 Å². The molecule has 0 saturated carbocycles. The molecule has 1 aromatic carbocycles. The number of benzene rings is 1. The zero-order valence-electron chi connectivity index (χ0n) is 12.8. The Kier molecular flexibility index (Phi) is 6.47. The van der Waals surface area contributed by atoms with Gasteiger partial charge < -0.3 is 4.74 Å². The standard InChI is InChI=1S/C16H20BrF3O2/c1-4-9-15(2,3)13(11-5-7-12(17)8-6-11)14(21)22-10-16(18,19)20/h5-8,13H,4,9-10H2,1-3H3/t13-/m1/s1. The Bertz CT molecular complexity index is 495. The fourth-order valence-electron chi connectivity index (χ4n) is 2.59. The van der Waals surface area contributed by atoms with Crippen LogP contribution in [0.25, 0.3) is 0 Å². The molecule has 22 heavy (non-hydrogen) atoms. The number of alkyl halides is 3. The summed E-state index contributed by atoms with van der Waals surface area (Å²) in [6.45, 7) is 4.17. The zero-order chi connectivity index (χ0) is 17.0. The van der Waals surface area contributed by atoms with E-state index in [0.29, 0.717) is 12.0 Å². The van der Waals surface area contributed by atoms with Gasteiger partial charge in [0.2, 0.25) is 0 Å². The molecule has 0 heterocycles. The smallest absolute Gasteiger partial charge is 0.422 e. The van der Waals surface area contributed by atoms with Crippen molar-refractivity contribution in [1.82, 2.24) is 0 Å². The first-order valence-corrected chi connectivity index (χ1v) is 7.85. The van der Waals surface area contributed by atoms with Crippen LogP contribution in [0.3, 0.4) is 0 Å². The van der Waals surface area contributed by atoms with Crippen LogP contribution in [-0.4, -0.2) is 18.8 Å². The molecule has 1 atom stereocenters. The van der Waals surface area contributed by atoms with Crippen LogP contribution in [0, 0.1) is 5.41 Å². The molecule has 1 rings (SSSR count). The molecule has 0 spiro atoms. The molecule has 2 nitrogen and oxygen atoms in total. The summed E-state index contributed by atoms with van der Waals surface area (Å²) < 4.78 is 42.2. The van der Waals surface area contributed by atoms with E-state index in [1.807, 2.05) is 20.8 Å². The molecule has 1 aromatic rings. The van der Waals surface area contributed by atoms with Gasteiger partial charge in [-0.3, -0.25) is 4.79 Å². The minimum Gasteiger partial charge on any atom is -0.456 e. The third-order valence-electron chi connectivity index (χ3n) is 3.49. The number of carbonyl (C=O) groups is 1. The summed E-state index contributed by atoms with van der Waals surface area (Å²) >= 11 is 3.30. The first kappa shape index (κ1) is 19.0. The maximum atomic E-state index is 12.3. The van der Waals surface area contributed by atoms with Crippen molar-refractivity contribution < 1.29 is 22.7 Å². The largest absolute Gasteiger partial charge is 0.456 e. The zero-order valence-corrected chi connectivity index (χ0v) is 14.4. The molecule has 6 heteroatoms. The average molecular weight is 381 g/mol. The molecule has 0 aromatic heterocycles. The number of halogens is 4. The lowest BCUT2D eigenvalue weighted by molar-refractivity contribution is -0.189. The maximum absolute atomic E-state index is 12.3. The van der Waals surface area contributed by atoms with E-state index >= 15 is 0 Å². The highest BCUT2D eigenvalue weighted by Gasteiger charge is 2.39. The molecule has 0 bridgehead atoms. The predicted octanol–water partition coefficient (Wildman–Crippen LogP) is 5.46. The summed E-state index contributed by atoms with van der Waals surface area (Å²) in [5, 5.41) is 0. The number of hydrogen-bond acceptors (Lipinski definition) is 2. The monoisotopic (exact) mass is 380 g/mol. The van der Waals surface area contributed by atoms with Crippen molar-refractivity contribution in [3.05, 3.63) is 34.3 Å². The first-order chi connectivity index (χ1) is 10.1. The lowest BCUT2D eigenvalue weighted by atomic mass is 9.72. The lowest BCUT2D eigenvalue weighted by Crippen LogP contribution is -2.32. The third-order valence-corrected chi connectivity index (χ3v) is 4.02. The normalized spacial score (nSPS) is 13.8. The van der Waals surface area contributed by atoms with E-state index < -0.39 is 30.1 Å². The Labute approximate surface area is 137 Å². The summed E-state index contributed by atoms with van der Waals surface area (Å²) in [5.41, 5.74) is 0.166. The highest BCUT2D eigenvalue weighted by atomic mass is 79.9. The summed E-state index contributed by atoms with van der Waals surface area (Å²) in [5.74, 6) is -1.57. The van der Waals surface area contributed by atoms with Gasteiger partial charge in [-0.2, -0.15) is 13.2 Å². The number of carbonyl (C=O) groups excluding carboxylic acids is 1. The van der Waals surface area contributed by atoms with Gasteiger partial charge in [0, 0.05) is 4.47 Å². The van der Waals surface area contributed by atoms with Gasteiger partial charge in [-0.15, -0.1) is 0 Å². The number of hydrogen-bond donors (Lipinski definition) is 0. The maximum Gasteiger partial charge on any atom is 0.422 e. The minimum absolute atomic E-state index is 0.495. The van der Waals surface area contributed by atoms with Crippen LogP contribution in [0.4, 0.5) is 13.2 Å². The van der Waals surface area contributed by atoms with Gasteiger partial charge >= 0.3 is 12.1 Å².